The Labute approximate surface area is 117 Å². The van der Waals surface area contributed by atoms with Crippen LogP contribution in [0.2, 0.25) is 0 Å². The average molecular weight is 270 g/mol. The third-order valence-corrected chi connectivity index (χ3v) is 3.65. The zero-order chi connectivity index (χ0) is 14.1. The lowest BCUT2D eigenvalue weighted by atomic mass is 10.1. The summed E-state index contributed by atoms with van der Waals surface area (Å²) in [6, 6.07) is 8.29. The zero-order valence-electron chi connectivity index (χ0n) is 11.2. The maximum atomic E-state index is 9.33. The Morgan fingerprint density at radius 2 is 2.15 bits per heavy atom. The third kappa shape index (κ3) is 2.20. The second-order valence-electron chi connectivity index (χ2n) is 5.10. The number of nitrogens with one attached hydrogen (secondary N) is 1. The van der Waals surface area contributed by atoms with Crippen molar-refractivity contribution in [2.45, 2.75) is 18.9 Å². The number of amidine groups is 1. The Kier molecular flexibility index (Phi) is 3.28. The van der Waals surface area contributed by atoms with E-state index in [2.05, 4.69) is 9.88 Å². The van der Waals surface area contributed by atoms with Crippen molar-refractivity contribution >= 4 is 22.4 Å². The number of nitrogens with zero attached hydrogens (tertiary/aromatic N) is 2. The van der Waals surface area contributed by atoms with E-state index in [1.807, 2.05) is 24.3 Å². The van der Waals surface area contributed by atoms with Crippen molar-refractivity contribution in [3.05, 3.63) is 36.0 Å². The summed E-state index contributed by atoms with van der Waals surface area (Å²) in [5, 5.41) is 18.1. The van der Waals surface area contributed by atoms with Crippen LogP contribution in [-0.4, -0.2) is 35.1 Å². The first-order valence-corrected chi connectivity index (χ1v) is 6.82. The molecule has 5 heteroatoms. The van der Waals surface area contributed by atoms with Crippen LogP contribution in [0.3, 0.4) is 0 Å². The molecular formula is C15H18N4O. The van der Waals surface area contributed by atoms with Gasteiger partial charge in [-0.25, -0.2) is 0 Å². The van der Waals surface area contributed by atoms with Gasteiger partial charge in [0.15, 0.2) is 0 Å². The molecular weight excluding hydrogens is 252 g/mol. The van der Waals surface area contributed by atoms with Crippen LogP contribution in [0.4, 0.5) is 5.69 Å². The lowest BCUT2D eigenvalue weighted by Crippen LogP contribution is -2.31. The van der Waals surface area contributed by atoms with Crippen LogP contribution in [0, 0.1) is 5.41 Å². The highest BCUT2D eigenvalue weighted by Crippen LogP contribution is 2.37. The van der Waals surface area contributed by atoms with Crippen molar-refractivity contribution in [3.63, 3.8) is 0 Å². The van der Waals surface area contributed by atoms with Crippen molar-refractivity contribution in [2.24, 2.45) is 5.73 Å². The summed E-state index contributed by atoms with van der Waals surface area (Å²) in [5.41, 5.74) is 8.17. The Morgan fingerprint density at radius 1 is 1.40 bits per heavy atom. The van der Waals surface area contributed by atoms with E-state index < -0.39 is 0 Å². The number of fused-ring (bicyclic) bond motifs is 1. The standard InChI is InChI=1S/C15H18N4O/c16-15(17)12-9-18-13-4-2-1-3-11(13)14(12)19(7-8-20)10-5-6-10/h1-4,9-10,20H,5-8H2,(H3,16,17). The first-order valence-electron chi connectivity index (χ1n) is 6.82. The van der Waals surface area contributed by atoms with Gasteiger partial charge in [0.2, 0.25) is 0 Å². The minimum absolute atomic E-state index is 0.0156. The minimum Gasteiger partial charge on any atom is -0.395 e. The molecule has 1 aliphatic rings. The van der Waals surface area contributed by atoms with Crippen molar-refractivity contribution in [2.75, 3.05) is 18.1 Å². The monoisotopic (exact) mass is 270 g/mol. The first kappa shape index (κ1) is 12.9. The van der Waals surface area contributed by atoms with Crippen LogP contribution in [-0.2, 0) is 0 Å². The van der Waals surface area contributed by atoms with Gasteiger partial charge in [0.25, 0.3) is 0 Å². The van der Waals surface area contributed by atoms with Gasteiger partial charge in [0.1, 0.15) is 5.84 Å². The topological polar surface area (TPSA) is 86.2 Å². The predicted molar refractivity (Wildman–Crippen MR) is 80.2 cm³/mol. The van der Waals surface area contributed by atoms with Gasteiger partial charge in [-0.15, -0.1) is 0 Å². The van der Waals surface area contributed by atoms with Gasteiger partial charge in [-0.1, -0.05) is 18.2 Å². The lowest BCUT2D eigenvalue weighted by Gasteiger charge is -2.27. The van der Waals surface area contributed by atoms with Crippen LogP contribution in [0.25, 0.3) is 10.9 Å². The predicted octanol–water partition coefficient (Wildman–Crippen LogP) is 1.48. The summed E-state index contributed by atoms with van der Waals surface area (Å²) in [6.45, 7) is 0.642. The SMILES string of the molecule is N=C(N)c1cnc2ccccc2c1N(CCO)C1CC1. The molecule has 1 heterocycles. The van der Waals surface area contributed by atoms with E-state index in [1.54, 1.807) is 6.20 Å². The molecule has 3 rings (SSSR count). The number of nitrogens with two attached hydrogens (primary N) is 1. The van der Waals surface area contributed by atoms with Crippen molar-refractivity contribution < 1.29 is 5.11 Å². The summed E-state index contributed by atoms with van der Waals surface area (Å²) in [4.78, 5) is 6.54. The number of hydrogen-bond donors (Lipinski definition) is 3. The Hall–Kier alpha value is -2.14. The van der Waals surface area contributed by atoms with Crippen molar-refractivity contribution in [1.29, 1.82) is 5.41 Å². The van der Waals surface area contributed by atoms with Crippen LogP contribution >= 0.6 is 0 Å². The summed E-state index contributed by atoms with van der Waals surface area (Å²) in [7, 11) is 0. The molecule has 0 spiro atoms. The molecule has 0 aliphatic heterocycles. The molecule has 0 bridgehead atoms. The molecule has 2 aromatic rings. The summed E-state index contributed by atoms with van der Waals surface area (Å²) >= 11 is 0. The number of pyridine rings is 1. The van der Waals surface area contributed by atoms with Crippen LogP contribution in [0.15, 0.2) is 30.5 Å². The van der Waals surface area contributed by atoms with E-state index in [9.17, 15) is 5.11 Å². The molecule has 0 radical (unpaired) electrons. The van der Waals surface area contributed by atoms with E-state index in [1.165, 1.54) is 0 Å². The fourth-order valence-corrected chi connectivity index (χ4v) is 2.60. The van der Waals surface area contributed by atoms with E-state index in [0.717, 1.165) is 29.4 Å². The Balaban J connectivity index is 2.23. The zero-order valence-corrected chi connectivity index (χ0v) is 11.2. The van der Waals surface area contributed by atoms with Gasteiger partial charge >= 0.3 is 0 Å². The average Bonchev–Trinajstić information content (AvgIpc) is 3.28. The van der Waals surface area contributed by atoms with E-state index in [4.69, 9.17) is 11.1 Å². The number of aromatic nitrogens is 1. The molecule has 1 fully saturated rings. The largest absolute Gasteiger partial charge is 0.395 e. The molecule has 1 aliphatic carbocycles. The summed E-state index contributed by atoms with van der Waals surface area (Å²) in [6.07, 6.45) is 3.90. The minimum atomic E-state index is 0.0156. The molecule has 20 heavy (non-hydrogen) atoms. The van der Waals surface area contributed by atoms with Crippen molar-refractivity contribution in [1.82, 2.24) is 4.98 Å². The summed E-state index contributed by atoms with van der Waals surface area (Å²) in [5.74, 6) is 0.0156. The third-order valence-electron chi connectivity index (χ3n) is 3.65. The fraction of sp³-hybridized carbons (Fsp3) is 0.333. The van der Waals surface area contributed by atoms with Gasteiger partial charge in [0, 0.05) is 24.2 Å². The second kappa shape index (κ2) is 5.09. The van der Waals surface area contributed by atoms with Gasteiger partial charge in [-0.2, -0.15) is 0 Å². The van der Waals surface area contributed by atoms with Gasteiger partial charge in [-0.3, -0.25) is 10.4 Å². The number of hydrogen-bond acceptors (Lipinski definition) is 4. The molecule has 1 aromatic heterocycles. The highest BCUT2D eigenvalue weighted by Gasteiger charge is 2.31. The highest BCUT2D eigenvalue weighted by atomic mass is 16.3. The quantitative estimate of drug-likeness (QED) is 0.567. The molecule has 0 unspecified atom stereocenters. The number of aliphatic hydroxyl groups excluding tert-OH is 1. The molecule has 4 N–H and O–H groups in total. The molecule has 104 valence electrons. The van der Waals surface area contributed by atoms with E-state index in [0.29, 0.717) is 18.2 Å². The number of anilines is 1. The maximum Gasteiger partial charge on any atom is 0.126 e. The second-order valence-corrected chi connectivity index (χ2v) is 5.10. The Morgan fingerprint density at radius 3 is 2.80 bits per heavy atom. The first-order chi connectivity index (χ1) is 9.72. The number of nitrogen functional groups attached to an aromatic ring is 1. The van der Waals surface area contributed by atoms with Crippen molar-refractivity contribution in [3.8, 4) is 0 Å². The van der Waals surface area contributed by atoms with E-state index >= 15 is 0 Å². The van der Waals surface area contributed by atoms with Crippen LogP contribution in [0.5, 0.6) is 0 Å². The number of rotatable bonds is 5. The van der Waals surface area contributed by atoms with Gasteiger partial charge in [-0.05, 0) is 18.9 Å². The van der Waals surface area contributed by atoms with Gasteiger partial charge in [0.05, 0.1) is 23.4 Å². The van der Waals surface area contributed by atoms with E-state index in [-0.39, 0.29) is 12.4 Å². The molecule has 1 aromatic carbocycles. The number of benzene rings is 1. The molecule has 0 atom stereocenters. The smallest absolute Gasteiger partial charge is 0.126 e. The van der Waals surface area contributed by atoms with Crippen LogP contribution < -0.4 is 10.6 Å². The molecule has 5 nitrogen and oxygen atoms in total. The number of para-hydroxylation sites is 1. The Bertz CT molecular complexity index is 651. The maximum absolute atomic E-state index is 9.33. The van der Waals surface area contributed by atoms with Gasteiger partial charge < -0.3 is 15.7 Å². The molecule has 0 saturated heterocycles. The normalized spacial score (nSPS) is 14.4. The highest BCUT2D eigenvalue weighted by molar-refractivity contribution is 6.07. The molecule has 0 amide bonds. The lowest BCUT2D eigenvalue weighted by molar-refractivity contribution is 0.301. The fourth-order valence-electron chi connectivity index (χ4n) is 2.60. The summed E-state index contributed by atoms with van der Waals surface area (Å²) < 4.78 is 0. The van der Waals surface area contributed by atoms with Crippen LogP contribution in [0.1, 0.15) is 18.4 Å². The number of aliphatic hydroxyl groups is 1. The molecule has 1 saturated carbocycles.